The number of benzene rings is 2. The van der Waals surface area contributed by atoms with E-state index in [9.17, 15) is 18.3 Å². The van der Waals surface area contributed by atoms with Crippen LogP contribution in [0.15, 0.2) is 64.6 Å². The van der Waals surface area contributed by atoms with Crippen molar-refractivity contribution in [3.05, 3.63) is 81.5 Å². The van der Waals surface area contributed by atoms with E-state index in [4.69, 9.17) is 23.2 Å². The summed E-state index contributed by atoms with van der Waals surface area (Å²) in [5.41, 5.74) is 1.58. The zero-order valence-electron chi connectivity index (χ0n) is 15.6. The minimum absolute atomic E-state index is 0.0661. The molecule has 0 atom stereocenters. The summed E-state index contributed by atoms with van der Waals surface area (Å²) in [5.74, 6) is -0.608. The zero-order valence-corrected chi connectivity index (χ0v) is 18.7. The number of pyridine rings is 1. The molecule has 0 aliphatic carbocycles. The standard InChI is InChI=1S/C20H16Cl2N2O4S2/c1-12-2-6-16(9-17(12)20(25)26)30(27,28)24-15-5-7-19(23-10-15)29-11-13-3-4-14(21)8-18(13)22/h2-10,24H,11H2,1H3,(H,25,26). The van der Waals surface area contributed by atoms with Crippen LogP contribution in [0.1, 0.15) is 21.5 Å². The van der Waals surface area contributed by atoms with E-state index in [1.165, 1.54) is 30.1 Å². The number of carbonyl (C=O) groups is 1. The van der Waals surface area contributed by atoms with E-state index in [1.54, 1.807) is 31.2 Å². The second-order valence-corrected chi connectivity index (χ2v) is 9.82. The highest BCUT2D eigenvalue weighted by Crippen LogP contribution is 2.28. The molecule has 30 heavy (non-hydrogen) atoms. The molecule has 1 aromatic heterocycles. The third-order valence-corrected chi connectivity index (χ3v) is 7.09. The van der Waals surface area contributed by atoms with E-state index in [2.05, 4.69) is 9.71 Å². The maximum Gasteiger partial charge on any atom is 0.335 e. The highest BCUT2D eigenvalue weighted by molar-refractivity contribution is 7.98. The zero-order chi connectivity index (χ0) is 21.9. The number of carboxylic acid groups (broad SMARTS) is 1. The van der Waals surface area contributed by atoms with E-state index in [-0.39, 0.29) is 16.1 Å². The van der Waals surface area contributed by atoms with Gasteiger partial charge in [0.2, 0.25) is 0 Å². The van der Waals surface area contributed by atoms with Gasteiger partial charge in [-0.05, 0) is 54.4 Å². The Hall–Kier alpha value is -2.26. The van der Waals surface area contributed by atoms with Gasteiger partial charge in [0, 0.05) is 15.8 Å². The third-order valence-electron chi connectivity index (χ3n) is 4.13. The van der Waals surface area contributed by atoms with Gasteiger partial charge < -0.3 is 5.11 Å². The van der Waals surface area contributed by atoms with E-state index < -0.39 is 16.0 Å². The van der Waals surface area contributed by atoms with Crippen molar-refractivity contribution in [3.63, 3.8) is 0 Å². The van der Waals surface area contributed by atoms with Crippen LogP contribution in [0.5, 0.6) is 0 Å². The van der Waals surface area contributed by atoms with Crippen LogP contribution in [0.3, 0.4) is 0 Å². The molecule has 2 N–H and O–H groups in total. The molecule has 6 nitrogen and oxygen atoms in total. The van der Waals surface area contributed by atoms with Crippen molar-refractivity contribution in [2.45, 2.75) is 22.6 Å². The summed E-state index contributed by atoms with van der Waals surface area (Å²) in [5, 5.41) is 11.0. The van der Waals surface area contributed by atoms with Gasteiger partial charge in [0.15, 0.2) is 0 Å². The number of halogens is 2. The summed E-state index contributed by atoms with van der Waals surface area (Å²) >= 11 is 13.5. The van der Waals surface area contributed by atoms with Crippen LogP contribution in [0.25, 0.3) is 0 Å². The minimum atomic E-state index is -3.95. The summed E-state index contributed by atoms with van der Waals surface area (Å²) in [6.07, 6.45) is 1.40. The maximum absolute atomic E-state index is 12.6. The molecule has 0 saturated heterocycles. The van der Waals surface area contributed by atoms with Crippen LogP contribution < -0.4 is 4.72 Å². The van der Waals surface area contributed by atoms with E-state index in [0.717, 1.165) is 11.6 Å². The van der Waals surface area contributed by atoms with Gasteiger partial charge in [0.25, 0.3) is 10.0 Å². The first-order valence-electron chi connectivity index (χ1n) is 8.55. The summed E-state index contributed by atoms with van der Waals surface area (Å²) < 4.78 is 27.6. The monoisotopic (exact) mass is 482 g/mol. The Labute approximate surface area is 188 Å². The molecule has 0 bridgehead atoms. The topological polar surface area (TPSA) is 96.4 Å². The fraction of sp³-hybridized carbons (Fsp3) is 0.100. The van der Waals surface area contributed by atoms with Gasteiger partial charge in [0.05, 0.1) is 27.4 Å². The van der Waals surface area contributed by atoms with Crippen LogP contribution in [0.2, 0.25) is 10.0 Å². The largest absolute Gasteiger partial charge is 0.478 e. The quantitative estimate of drug-likeness (QED) is 0.432. The number of carboxylic acids is 1. The number of nitrogens with one attached hydrogen (secondary N) is 1. The lowest BCUT2D eigenvalue weighted by Crippen LogP contribution is -2.14. The fourth-order valence-electron chi connectivity index (χ4n) is 2.53. The van der Waals surface area contributed by atoms with Gasteiger partial charge in [0.1, 0.15) is 0 Å². The Morgan fingerprint density at radius 3 is 2.53 bits per heavy atom. The van der Waals surface area contributed by atoms with Gasteiger partial charge in [-0.1, -0.05) is 35.3 Å². The highest BCUT2D eigenvalue weighted by Gasteiger charge is 2.18. The molecule has 0 aliphatic heterocycles. The number of thioether (sulfide) groups is 1. The molecule has 0 saturated carbocycles. The molecule has 0 unspecified atom stereocenters. The molecule has 10 heteroatoms. The molecule has 1 heterocycles. The molecule has 0 spiro atoms. The Balaban J connectivity index is 1.70. The smallest absolute Gasteiger partial charge is 0.335 e. The van der Waals surface area contributed by atoms with Crippen LogP contribution in [0, 0.1) is 6.92 Å². The molecular weight excluding hydrogens is 467 g/mol. The predicted octanol–water partition coefficient (Wildman–Crippen LogP) is 5.49. The molecule has 0 radical (unpaired) electrons. The average molecular weight is 483 g/mol. The summed E-state index contributed by atoms with van der Waals surface area (Å²) in [6, 6.07) is 12.5. The molecular formula is C20H16Cl2N2O4S2. The van der Waals surface area contributed by atoms with E-state index >= 15 is 0 Å². The molecule has 0 amide bonds. The highest BCUT2D eigenvalue weighted by atomic mass is 35.5. The number of anilines is 1. The number of sulfonamides is 1. The average Bonchev–Trinajstić information content (AvgIpc) is 2.68. The van der Waals surface area contributed by atoms with Crippen LogP contribution in [-0.2, 0) is 15.8 Å². The van der Waals surface area contributed by atoms with E-state index in [0.29, 0.717) is 26.4 Å². The summed E-state index contributed by atoms with van der Waals surface area (Å²) in [6.45, 7) is 1.60. The van der Waals surface area contributed by atoms with Crippen molar-refractivity contribution >= 4 is 56.6 Å². The van der Waals surface area contributed by atoms with Crippen molar-refractivity contribution in [1.82, 2.24) is 4.98 Å². The van der Waals surface area contributed by atoms with Gasteiger partial charge >= 0.3 is 5.97 Å². The Morgan fingerprint density at radius 2 is 1.90 bits per heavy atom. The van der Waals surface area contributed by atoms with Crippen LogP contribution >= 0.6 is 35.0 Å². The van der Waals surface area contributed by atoms with Crippen LogP contribution in [0.4, 0.5) is 5.69 Å². The van der Waals surface area contributed by atoms with Gasteiger partial charge in [-0.2, -0.15) is 0 Å². The summed E-state index contributed by atoms with van der Waals surface area (Å²) in [4.78, 5) is 15.4. The number of aromatic nitrogens is 1. The number of aromatic carboxylic acids is 1. The fourth-order valence-corrected chi connectivity index (χ4v) is 5.00. The second kappa shape index (κ2) is 9.26. The lowest BCUT2D eigenvalue weighted by atomic mass is 10.1. The minimum Gasteiger partial charge on any atom is -0.478 e. The maximum atomic E-state index is 12.6. The number of aryl methyl sites for hydroxylation is 1. The SMILES string of the molecule is Cc1ccc(S(=O)(=O)Nc2ccc(SCc3ccc(Cl)cc3Cl)nc2)cc1C(=O)O. The van der Waals surface area contributed by atoms with Crippen molar-refractivity contribution in [2.24, 2.45) is 0 Å². The van der Waals surface area contributed by atoms with Crippen molar-refractivity contribution < 1.29 is 18.3 Å². The predicted molar refractivity (Wildman–Crippen MR) is 119 cm³/mol. The molecule has 156 valence electrons. The van der Waals surface area contributed by atoms with Crippen molar-refractivity contribution in [3.8, 4) is 0 Å². The van der Waals surface area contributed by atoms with E-state index in [1.807, 2.05) is 6.07 Å². The molecule has 3 rings (SSSR count). The Kier molecular flexibility index (Phi) is 6.92. The molecule has 3 aromatic rings. The van der Waals surface area contributed by atoms with Crippen molar-refractivity contribution in [2.75, 3.05) is 4.72 Å². The first-order valence-corrected chi connectivity index (χ1v) is 11.8. The molecule has 2 aromatic carbocycles. The van der Waals surface area contributed by atoms with Gasteiger partial charge in [-0.3, -0.25) is 4.72 Å². The lowest BCUT2D eigenvalue weighted by Gasteiger charge is -2.10. The molecule has 0 fully saturated rings. The lowest BCUT2D eigenvalue weighted by molar-refractivity contribution is 0.0696. The first kappa shape index (κ1) is 22.4. The van der Waals surface area contributed by atoms with Gasteiger partial charge in [-0.15, -0.1) is 11.8 Å². The number of nitrogens with zero attached hydrogens (tertiary/aromatic N) is 1. The molecule has 0 aliphatic rings. The first-order chi connectivity index (χ1) is 14.2. The van der Waals surface area contributed by atoms with Crippen LogP contribution in [-0.4, -0.2) is 24.5 Å². The summed E-state index contributed by atoms with van der Waals surface area (Å²) in [7, 11) is -3.95. The Bertz CT molecular complexity index is 1200. The second-order valence-electron chi connectivity index (χ2n) is 6.30. The number of hydrogen-bond acceptors (Lipinski definition) is 5. The van der Waals surface area contributed by atoms with Gasteiger partial charge in [-0.25, -0.2) is 18.2 Å². The normalized spacial score (nSPS) is 11.3. The van der Waals surface area contributed by atoms with Crippen molar-refractivity contribution in [1.29, 1.82) is 0 Å². The number of rotatable bonds is 7. The third kappa shape index (κ3) is 5.46. The number of hydrogen-bond donors (Lipinski definition) is 2. The Morgan fingerprint density at radius 1 is 1.13 bits per heavy atom.